The van der Waals surface area contributed by atoms with Crippen molar-refractivity contribution in [2.45, 2.75) is 13.0 Å². The van der Waals surface area contributed by atoms with Crippen molar-refractivity contribution in [2.75, 3.05) is 11.9 Å². The fraction of sp³-hybridized carbons (Fsp3) is 0.188. The molecule has 1 amide bonds. The number of carbonyl (C=O) groups is 1. The van der Waals surface area contributed by atoms with Crippen LogP contribution in [0.4, 0.5) is 5.69 Å². The largest absolute Gasteiger partial charge is 0.322 e. The molecule has 1 heterocycles. The zero-order chi connectivity index (χ0) is 13.1. The molecule has 3 heteroatoms. The highest BCUT2D eigenvalue weighted by atomic mass is 16.1. The lowest BCUT2D eigenvalue weighted by Crippen LogP contribution is -2.24. The van der Waals surface area contributed by atoms with Crippen molar-refractivity contribution in [3.05, 3.63) is 65.2 Å². The maximum absolute atomic E-state index is 12.2. The monoisotopic (exact) mass is 252 g/mol. The van der Waals surface area contributed by atoms with E-state index in [0.717, 1.165) is 30.8 Å². The first-order valence-electron chi connectivity index (χ1n) is 6.52. The normalized spacial score (nSPS) is 13.7. The van der Waals surface area contributed by atoms with E-state index in [4.69, 9.17) is 0 Å². The van der Waals surface area contributed by atoms with Crippen LogP contribution in [0.5, 0.6) is 0 Å². The maximum Gasteiger partial charge on any atom is 0.255 e. The molecule has 1 aliphatic rings. The number of rotatable bonds is 2. The van der Waals surface area contributed by atoms with E-state index in [0.29, 0.717) is 0 Å². The molecular weight excluding hydrogens is 236 g/mol. The average molecular weight is 252 g/mol. The minimum absolute atomic E-state index is 0.0486. The Bertz CT molecular complexity index is 593. The van der Waals surface area contributed by atoms with Crippen molar-refractivity contribution < 1.29 is 4.79 Å². The van der Waals surface area contributed by atoms with Gasteiger partial charge in [-0.2, -0.15) is 0 Å². The van der Waals surface area contributed by atoms with Gasteiger partial charge in [-0.15, -0.1) is 0 Å². The Morgan fingerprint density at radius 3 is 2.74 bits per heavy atom. The van der Waals surface area contributed by atoms with Gasteiger partial charge in [-0.3, -0.25) is 4.79 Å². The predicted octanol–water partition coefficient (Wildman–Crippen LogP) is 2.58. The maximum atomic E-state index is 12.2. The smallest absolute Gasteiger partial charge is 0.255 e. The Hall–Kier alpha value is -2.13. The summed E-state index contributed by atoms with van der Waals surface area (Å²) in [5, 5.41) is 6.24. The van der Waals surface area contributed by atoms with Gasteiger partial charge in [0.25, 0.3) is 5.91 Å². The summed E-state index contributed by atoms with van der Waals surface area (Å²) in [5.41, 5.74) is 4.12. The van der Waals surface area contributed by atoms with Gasteiger partial charge in [-0.25, -0.2) is 0 Å². The first kappa shape index (κ1) is 11.9. The molecule has 0 bridgehead atoms. The van der Waals surface area contributed by atoms with Crippen LogP contribution in [0.3, 0.4) is 0 Å². The summed E-state index contributed by atoms with van der Waals surface area (Å²) in [6.45, 7) is 1.88. The highest BCUT2D eigenvalue weighted by Crippen LogP contribution is 2.17. The van der Waals surface area contributed by atoms with E-state index in [1.807, 2.05) is 48.5 Å². The van der Waals surface area contributed by atoms with E-state index in [2.05, 4.69) is 10.6 Å². The molecule has 96 valence electrons. The zero-order valence-electron chi connectivity index (χ0n) is 10.6. The van der Waals surface area contributed by atoms with Crippen LogP contribution in [-0.2, 0) is 13.0 Å². The molecule has 0 radical (unpaired) electrons. The summed E-state index contributed by atoms with van der Waals surface area (Å²) in [7, 11) is 0. The van der Waals surface area contributed by atoms with E-state index >= 15 is 0 Å². The summed E-state index contributed by atoms with van der Waals surface area (Å²) in [6.07, 6.45) is 0.988. The first-order chi connectivity index (χ1) is 9.33. The third-order valence-corrected chi connectivity index (χ3v) is 3.39. The van der Waals surface area contributed by atoms with Crippen molar-refractivity contribution in [1.29, 1.82) is 0 Å². The molecule has 19 heavy (non-hydrogen) atoms. The number of hydrogen-bond acceptors (Lipinski definition) is 2. The topological polar surface area (TPSA) is 41.1 Å². The summed E-state index contributed by atoms with van der Waals surface area (Å²) >= 11 is 0. The highest BCUT2D eigenvalue weighted by molar-refractivity contribution is 6.04. The van der Waals surface area contributed by atoms with Crippen molar-refractivity contribution in [2.24, 2.45) is 0 Å². The molecule has 0 aromatic heterocycles. The van der Waals surface area contributed by atoms with Crippen molar-refractivity contribution in [3.63, 3.8) is 0 Å². The Labute approximate surface area is 112 Å². The molecule has 2 N–H and O–H groups in total. The fourth-order valence-corrected chi connectivity index (χ4v) is 2.34. The van der Waals surface area contributed by atoms with Crippen LogP contribution in [0, 0.1) is 0 Å². The minimum Gasteiger partial charge on any atom is -0.322 e. The average Bonchev–Trinajstić information content (AvgIpc) is 2.48. The molecule has 0 fully saturated rings. The quantitative estimate of drug-likeness (QED) is 0.862. The van der Waals surface area contributed by atoms with Gasteiger partial charge in [-0.05, 0) is 48.4 Å². The lowest BCUT2D eigenvalue weighted by atomic mass is 9.98. The second kappa shape index (κ2) is 5.24. The number of carbonyl (C=O) groups excluding carboxylic acids is 1. The molecular formula is C16H16N2O. The number of fused-ring (bicyclic) bond motifs is 1. The lowest BCUT2D eigenvalue weighted by Gasteiger charge is -2.17. The number of nitrogens with one attached hydrogen (secondary N) is 2. The van der Waals surface area contributed by atoms with Crippen molar-refractivity contribution in [1.82, 2.24) is 5.32 Å². The Morgan fingerprint density at radius 1 is 1.05 bits per heavy atom. The molecule has 0 spiro atoms. The molecule has 2 aromatic rings. The van der Waals surface area contributed by atoms with Gasteiger partial charge in [0.15, 0.2) is 0 Å². The van der Waals surface area contributed by atoms with Gasteiger partial charge in [0, 0.05) is 17.8 Å². The SMILES string of the molecule is O=C(Nc1ccccc1)c1ccc2c(c1)CCNC2. The van der Waals surface area contributed by atoms with Crippen LogP contribution >= 0.6 is 0 Å². The number of para-hydroxylation sites is 1. The van der Waals surface area contributed by atoms with Gasteiger partial charge >= 0.3 is 0 Å². The van der Waals surface area contributed by atoms with Crippen LogP contribution in [0.2, 0.25) is 0 Å². The minimum atomic E-state index is -0.0486. The van der Waals surface area contributed by atoms with Crippen LogP contribution in [0.15, 0.2) is 48.5 Å². The van der Waals surface area contributed by atoms with E-state index in [9.17, 15) is 4.79 Å². The molecule has 0 aliphatic carbocycles. The molecule has 0 saturated carbocycles. The molecule has 2 aromatic carbocycles. The number of benzene rings is 2. The van der Waals surface area contributed by atoms with E-state index in [-0.39, 0.29) is 5.91 Å². The van der Waals surface area contributed by atoms with Gasteiger partial charge in [-0.1, -0.05) is 24.3 Å². The molecule has 0 saturated heterocycles. The zero-order valence-corrected chi connectivity index (χ0v) is 10.6. The van der Waals surface area contributed by atoms with Crippen molar-refractivity contribution >= 4 is 11.6 Å². The summed E-state index contributed by atoms with van der Waals surface area (Å²) in [4.78, 5) is 12.2. The third kappa shape index (κ3) is 2.66. The van der Waals surface area contributed by atoms with Gasteiger partial charge in [0.2, 0.25) is 0 Å². The summed E-state index contributed by atoms with van der Waals surface area (Å²) < 4.78 is 0. The lowest BCUT2D eigenvalue weighted by molar-refractivity contribution is 0.102. The van der Waals surface area contributed by atoms with Crippen LogP contribution in [0.25, 0.3) is 0 Å². The standard InChI is InChI=1S/C16H16N2O/c19-16(18-15-4-2-1-3-5-15)13-6-7-14-11-17-9-8-12(14)10-13/h1-7,10,17H,8-9,11H2,(H,18,19). The second-order valence-corrected chi connectivity index (χ2v) is 4.73. The summed E-state index contributed by atoms with van der Waals surface area (Å²) in [5.74, 6) is -0.0486. The second-order valence-electron chi connectivity index (χ2n) is 4.73. The van der Waals surface area contributed by atoms with E-state index in [1.165, 1.54) is 11.1 Å². The molecule has 0 atom stereocenters. The van der Waals surface area contributed by atoms with E-state index in [1.54, 1.807) is 0 Å². The number of hydrogen-bond donors (Lipinski definition) is 2. The molecule has 1 aliphatic heterocycles. The molecule has 3 rings (SSSR count). The van der Waals surface area contributed by atoms with Crippen LogP contribution < -0.4 is 10.6 Å². The van der Waals surface area contributed by atoms with Crippen molar-refractivity contribution in [3.8, 4) is 0 Å². The van der Waals surface area contributed by atoms with Crippen LogP contribution in [0.1, 0.15) is 21.5 Å². The van der Waals surface area contributed by atoms with E-state index < -0.39 is 0 Å². The molecule has 3 nitrogen and oxygen atoms in total. The summed E-state index contributed by atoms with van der Waals surface area (Å²) in [6, 6.07) is 15.5. The van der Waals surface area contributed by atoms with Gasteiger partial charge < -0.3 is 10.6 Å². The highest BCUT2D eigenvalue weighted by Gasteiger charge is 2.12. The Kier molecular flexibility index (Phi) is 3.29. The number of anilines is 1. The third-order valence-electron chi connectivity index (χ3n) is 3.39. The Morgan fingerprint density at radius 2 is 1.89 bits per heavy atom. The van der Waals surface area contributed by atoms with Crippen LogP contribution in [-0.4, -0.2) is 12.5 Å². The van der Waals surface area contributed by atoms with Gasteiger partial charge in [0.05, 0.1) is 0 Å². The molecule has 0 unspecified atom stereocenters. The Balaban J connectivity index is 1.80. The predicted molar refractivity (Wildman–Crippen MR) is 76.2 cm³/mol. The number of amides is 1. The fourth-order valence-electron chi connectivity index (χ4n) is 2.34. The van der Waals surface area contributed by atoms with Gasteiger partial charge in [0.1, 0.15) is 0 Å². The first-order valence-corrected chi connectivity index (χ1v) is 6.52.